The van der Waals surface area contributed by atoms with Crippen LogP contribution in [-0.2, 0) is 0 Å². The molecule has 0 aliphatic heterocycles. The van der Waals surface area contributed by atoms with Gasteiger partial charge >= 0.3 is 0 Å². The van der Waals surface area contributed by atoms with Gasteiger partial charge in [-0.25, -0.2) is 4.98 Å². The van der Waals surface area contributed by atoms with Crippen molar-refractivity contribution in [2.45, 2.75) is 0 Å². The first-order valence-corrected chi connectivity index (χ1v) is 8.30. The van der Waals surface area contributed by atoms with Crippen molar-refractivity contribution in [1.29, 1.82) is 5.26 Å². The number of carbonyl (C=O) groups excluding carboxylic acids is 1. The molecule has 0 fully saturated rings. The van der Waals surface area contributed by atoms with E-state index in [0.717, 1.165) is 0 Å². The number of halogens is 2. The minimum Gasteiger partial charge on any atom is -0.340 e. The number of benzene rings is 2. The second kappa shape index (κ2) is 7.87. The van der Waals surface area contributed by atoms with Crippen LogP contribution in [0.3, 0.4) is 0 Å². The predicted molar refractivity (Wildman–Crippen MR) is 103 cm³/mol. The zero-order valence-electron chi connectivity index (χ0n) is 13.3. The summed E-state index contributed by atoms with van der Waals surface area (Å²) in [4.78, 5) is 16.5. The van der Waals surface area contributed by atoms with E-state index < -0.39 is 0 Å². The van der Waals surface area contributed by atoms with Crippen molar-refractivity contribution in [3.63, 3.8) is 0 Å². The van der Waals surface area contributed by atoms with Gasteiger partial charge in [0.25, 0.3) is 5.91 Å². The van der Waals surface area contributed by atoms with Crippen molar-refractivity contribution >= 4 is 46.3 Å². The molecule has 0 bridgehead atoms. The van der Waals surface area contributed by atoms with Gasteiger partial charge < -0.3 is 10.6 Å². The first-order valence-electron chi connectivity index (χ1n) is 7.54. The second-order valence-electron chi connectivity index (χ2n) is 5.36. The van der Waals surface area contributed by atoms with Crippen molar-refractivity contribution in [1.82, 2.24) is 4.98 Å². The maximum Gasteiger partial charge on any atom is 0.257 e. The molecule has 0 atom stereocenters. The molecule has 0 saturated heterocycles. The molecule has 0 aliphatic rings. The Balaban J connectivity index is 1.70. The summed E-state index contributed by atoms with van der Waals surface area (Å²) in [6.07, 6.45) is 1.46. The van der Waals surface area contributed by atoms with Crippen LogP contribution >= 0.6 is 23.2 Å². The van der Waals surface area contributed by atoms with Crippen LogP contribution in [-0.4, -0.2) is 10.9 Å². The zero-order chi connectivity index (χ0) is 18.5. The fourth-order valence-electron chi connectivity index (χ4n) is 2.25. The zero-order valence-corrected chi connectivity index (χ0v) is 14.8. The van der Waals surface area contributed by atoms with Gasteiger partial charge in [0.1, 0.15) is 5.82 Å². The van der Waals surface area contributed by atoms with E-state index in [2.05, 4.69) is 15.6 Å². The third-order valence-electron chi connectivity index (χ3n) is 3.41. The van der Waals surface area contributed by atoms with Crippen LogP contribution in [0.15, 0.2) is 60.8 Å². The van der Waals surface area contributed by atoms with Crippen molar-refractivity contribution in [2.75, 3.05) is 10.6 Å². The average molecular weight is 383 g/mol. The first-order chi connectivity index (χ1) is 12.5. The van der Waals surface area contributed by atoms with Gasteiger partial charge in [-0.1, -0.05) is 29.3 Å². The highest BCUT2D eigenvalue weighted by molar-refractivity contribution is 6.35. The summed E-state index contributed by atoms with van der Waals surface area (Å²) in [5.41, 5.74) is 2.10. The maximum atomic E-state index is 12.3. The highest BCUT2D eigenvalue weighted by Gasteiger charge is 2.08. The third-order valence-corrected chi connectivity index (χ3v) is 3.85. The predicted octanol–water partition coefficient (Wildman–Crippen LogP) is 5.26. The smallest absolute Gasteiger partial charge is 0.257 e. The number of hydrogen-bond donors (Lipinski definition) is 2. The van der Waals surface area contributed by atoms with E-state index in [9.17, 15) is 4.79 Å². The van der Waals surface area contributed by atoms with Crippen LogP contribution in [0.5, 0.6) is 0 Å². The minimum atomic E-state index is -0.315. The van der Waals surface area contributed by atoms with Gasteiger partial charge in [0, 0.05) is 27.6 Å². The van der Waals surface area contributed by atoms with E-state index in [0.29, 0.717) is 38.4 Å². The Labute approximate surface area is 160 Å². The summed E-state index contributed by atoms with van der Waals surface area (Å²) >= 11 is 11.9. The SMILES string of the molecule is N#Cc1cccc(NC(=O)c2ccc(Nc3cc(Cl)cc(Cl)c3)nc2)c1. The molecule has 2 aromatic carbocycles. The largest absolute Gasteiger partial charge is 0.340 e. The fourth-order valence-corrected chi connectivity index (χ4v) is 2.77. The number of rotatable bonds is 4. The van der Waals surface area contributed by atoms with Crippen LogP contribution in [0.1, 0.15) is 15.9 Å². The Morgan fingerprint density at radius 2 is 1.77 bits per heavy atom. The molecule has 0 aliphatic carbocycles. The van der Waals surface area contributed by atoms with Crippen molar-refractivity contribution < 1.29 is 4.79 Å². The van der Waals surface area contributed by atoms with Crippen molar-refractivity contribution in [3.8, 4) is 6.07 Å². The maximum absolute atomic E-state index is 12.3. The van der Waals surface area contributed by atoms with E-state index >= 15 is 0 Å². The van der Waals surface area contributed by atoms with Crippen LogP contribution in [0.25, 0.3) is 0 Å². The Kier molecular flexibility index (Phi) is 5.37. The van der Waals surface area contributed by atoms with Crippen molar-refractivity contribution in [3.05, 3.63) is 82.0 Å². The van der Waals surface area contributed by atoms with Crippen LogP contribution in [0.4, 0.5) is 17.2 Å². The normalized spacial score (nSPS) is 10.0. The summed E-state index contributed by atoms with van der Waals surface area (Å²) in [5.74, 6) is 0.233. The number of amides is 1. The van der Waals surface area contributed by atoms with Crippen molar-refractivity contribution in [2.24, 2.45) is 0 Å². The van der Waals surface area contributed by atoms with Gasteiger partial charge in [-0.05, 0) is 48.5 Å². The molecule has 2 N–H and O–H groups in total. The van der Waals surface area contributed by atoms with Crippen LogP contribution in [0, 0.1) is 11.3 Å². The molecular formula is C19H12Cl2N4O. The van der Waals surface area contributed by atoms with Gasteiger partial charge in [-0.2, -0.15) is 5.26 Å². The van der Waals surface area contributed by atoms with E-state index in [1.807, 2.05) is 6.07 Å². The van der Waals surface area contributed by atoms with Gasteiger partial charge in [-0.15, -0.1) is 0 Å². The minimum absolute atomic E-state index is 0.315. The molecule has 3 rings (SSSR count). The van der Waals surface area contributed by atoms with E-state index in [1.165, 1.54) is 6.20 Å². The number of hydrogen-bond acceptors (Lipinski definition) is 4. The molecule has 128 valence electrons. The molecule has 0 radical (unpaired) electrons. The monoisotopic (exact) mass is 382 g/mol. The summed E-state index contributed by atoms with van der Waals surface area (Å²) in [7, 11) is 0. The molecule has 1 amide bonds. The van der Waals surface area contributed by atoms with Crippen LogP contribution < -0.4 is 10.6 Å². The number of nitrogens with zero attached hydrogens (tertiary/aromatic N) is 2. The highest BCUT2D eigenvalue weighted by Crippen LogP contribution is 2.24. The molecule has 26 heavy (non-hydrogen) atoms. The summed E-state index contributed by atoms with van der Waals surface area (Å²) in [6.45, 7) is 0. The Morgan fingerprint density at radius 1 is 1.00 bits per heavy atom. The lowest BCUT2D eigenvalue weighted by Gasteiger charge is -2.08. The third kappa shape index (κ3) is 4.51. The second-order valence-corrected chi connectivity index (χ2v) is 6.23. The molecule has 0 spiro atoms. The Hall–Kier alpha value is -3.07. The molecule has 0 saturated carbocycles. The molecule has 5 nitrogen and oxygen atoms in total. The Morgan fingerprint density at radius 3 is 2.42 bits per heavy atom. The number of anilines is 3. The summed E-state index contributed by atoms with van der Waals surface area (Å²) in [5, 5.41) is 15.7. The average Bonchev–Trinajstić information content (AvgIpc) is 2.61. The molecule has 3 aromatic rings. The summed E-state index contributed by atoms with van der Waals surface area (Å²) < 4.78 is 0. The van der Waals surface area contributed by atoms with E-state index in [-0.39, 0.29) is 5.91 Å². The van der Waals surface area contributed by atoms with Gasteiger partial charge in [0.2, 0.25) is 0 Å². The van der Waals surface area contributed by atoms with Gasteiger partial charge in [-0.3, -0.25) is 4.79 Å². The first kappa shape index (κ1) is 17.7. The Bertz CT molecular complexity index is 977. The number of aromatic nitrogens is 1. The molecular weight excluding hydrogens is 371 g/mol. The van der Waals surface area contributed by atoms with E-state index in [1.54, 1.807) is 54.6 Å². The lowest BCUT2D eigenvalue weighted by Crippen LogP contribution is -2.12. The topological polar surface area (TPSA) is 77.8 Å². The number of pyridine rings is 1. The van der Waals surface area contributed by atoms with E-state index in [4.69, 9.17) is 28.5 Å². The quantitative estimate of drug-likeness (QED) is 0.645. The number of nitriles is 1. The lowest BCUT2D eigenvalue weighted by molar-refractivity contribution is 0.102. The molecule has 1 heterocycles. The number of nitrogens with one attached hydrogen (secondary N) is 2. The lowest BCUT2D eigenvalue weighted by atomic mass is 10.2. The summed E-state index contributed by atoms with van der Waals surface area (Å²) in [6, 6.07) is 17.1. The van der Waals surface area contributed by atoms with Gasteiger partial charge in [0.05, 0.1) is 17.2 Å². The molecule has 1 aromatic heterocycles. The standard InChI is InChI=1S/C19H12Cl2N4O/c20-14-7-15(21)9-17(8-14)24-18-5-4-13(11-23-18)19(26)25-16-3-1-2-12(6-16)10-22/h1-9,11H,(H,23,24)(H,25,26). The van der Waals surface area contributed by atoms with Gasteiger partial charge in [0.15, 0.2) is 0 Å². The molecule has 7 heteroatoms. The molecule has 0 unspecified atom stereocenters. The number of carbonyl (C=O) groups is 1. The highest BCUT2D eigenvalue weighted by atomic mass is 35.5. The fraction of sp³-hybridized carbons (Fsp3) is 0. The van der Waals surface area contributed by atoms with Crippen LogP contribution in [0.2, 0.25) is 10.0 Å².